The van der Waals surface area contributed by atoms with Gasteiger partial charge in [0.1, 0.15) is 0 Å². The monoisotopic (exact) mass is 628 g/mol. The summed E-state index contributed by atoms with van der Waals surface area (Å²) >= 11 is 0. The lowest BCUT2D eigenvalue weighted by molar-refractivity contribution is 0.244. The summed E-state index contributed by atoms with van der Waals surface area (Å²) in [7, 11) is 2.22. The summed E-state index contributed by atoms with van der Waals surface area (Å²) < 4.78 is 0. The summed E-state index contributed by atoms with van der Waals surface area (Å²) in [5, 5.41) is 0. The number of aryl methyl sites for hydroxylation is 5. The van der Waals surface area contributed by atoms with E-state index in [9.17, 15) is 0 Å². The molecule has 1 fully saturated rings. The van der Waals surface area contributed by atoms with Gasteiger partial charge < -0.3 is 4.90 Å². The van der Waals surface area contributed by atoms with Crippen LogP contribution in [0.15, 0.2) is 132 Å². The zero-order valence-corrected chi connectivity index (χ0v) is 28.6. The number of nitrogens with zero attached hydrogens (tertiary/aromatic N) is 2. The van der Waals surface area contributed by atoms with Crippen LogP contribution in [0, 0.1) is 12.8 Å². The highest BCUT2D eigenvalue weighted by Gasteiger charge is 2.13. The van der Waals surface area contributed by atoms with E-state index in [1.54, 1.807) is 0 Å². The molecule has 1 aliphatic rings. The van der Waals surface area contributed by atoms with Gasteiger partial charge in [-0.1, -0.05) is 139 Å². The molecule has 1 saturated heterocycles. The Morgan fingerprint density at radius 2 is 0.917 bits per heavy atom. The van der Waals surface area contributed by atoms with E-state index in [2.05, 4.69) is 165 Å². The SMILES string of the molecule is Cc1ccc(C=Cc2ccc(CCc3ccc(N=Cc4ccc(CCc5ccc(C=CC6CCN(C)CC6)cc5)cc4)cc3)cc2)cc1. The largest absolute Gasteiger partial charge is 0.306 e. The van der Waals surface area contributed by atoms with Crippen molar-refractivity contribution in [3.8, 4) is 0 Å². The molecule has 0 aliphatic carbocycles. The first kappa shape index (κ1) is 33.1. The van der Waals surface area contributed by atoms with Crippen LogP contribution in [0.4, 0.5) is 5.69 Å². The number of piperidine rings is 1. The van der Waals surface area contributed by atoms with Gasteiger partial charge in [0.25, 0.3) is 0 Å². The van der Waals surface area contributed by atoms with Crippen LogP contribution in [0.3, 0.4) is 0 Å². The normalized spacial score (nSPS) is 14.5. The Balaban J connectivity index is 0.920. The van der Waals surface area contributed by atoms with Crippen LogP contribution in [0.1, 0.15) is 62.9 Å². The van der Waals surface area contributed by atoms with Crippen LogP contribution in [-0.2, 0) is 25.7 Å². The second-order valence-electron chi connectivity index (χ2n) is 13.4. The van der Waals surface area contributed by atoms with Gasteiger partial charge in [-0.3, -0.25) is 4.99 Å². The maximum atomic E-state index is 4.73. The highest BCUT2D eigenvalue weighted by atomic mass is 15.1. The molecule has 1 heterocycles. The second-order valence-corrected chi connectivity index (χ2v) is 13.4. The maximum Gasteiger partial charge on any atom is 0.0630 e. The number of hydrogen-bond donors (Lipinski definition) is 0. The lowest BCUT2D eigenvalue weighted by Crippen LogP contribution is -2.29. The summed E-state index contributed by atoms with van der Waals surface area (Å²) in [5.41, 5.74) is 12.6. The van der Waals surface area contributed by atoms with E-state index in [0.29, 0.717) is 0 Å². The smallest absolute Gasteiger partial charge is 0.0630 e. The number of allylic oxidation sites excluding steroid dienone is 1. The molecule has 0 aromatic heterocycles. The van der Waals surface area contributed by atoms with Crippen molar-refractivity contribution in [2.45, 2.75) is 45.4 Å². The van der Waals surface area contributed by atoms with Crippen LogP contribution >= 0.6 is 0 Å². The van der Waals surface area contributed by atoms with Crippen molar-refractivity contribution in [2.75, 3.05) is 20.1 Å². The van der Waals surface area contributed by atoms with Crippen molar-refractivity contribution >= 4 is 30.1 Å². The quantitative estimate of drug-likeness (QED) is 0.0991. The first-order chi connectivity index (χ1) is 23.5. The van der Waals surface area contributed by atoms with E-state index >= 15 is 0 Å². The second kappa shape index (κ2) is 16.9. The molecule has 6 rings (SSSR count). The Morgan fingerprint density at radius 1 is 0.521 bits per heavy atom. The summed E-state index contributed by atoms with van der Waals surface area (Å²) in [6.07, 6.45) is 17.7. The fourth-order valence-corrected chi connectivity index (χ4v) is 6.17. The molecule has 0 atom stereocenters. The molecule has 5 aromatic carbocycles. The molecule has 0 bridgehead atoms. The zero-order valence-electron chi connectivity index (χ0n) is 28.6. The summed E-state index contributed by atoms with van der Waals surface area (Å²) in [5.74, 6) is 0.721. The van der Waals surface area contributed by atoms with Gasteiger partial charge in [0.15, 0.2) is 0 Å². The first-order valence-corrected chi connectivity index (χ1v) is 17.6. The lowest BCUT2D eigenvalue weighted by atomic mass is 9.95. The van der Waals surface area contributed by atoms with Crippen molar-refractivity contribution in [3.05, 3.63) is 177 Å². The summed E-state index contributed by atoms with van der Waals surface area (Å²) in [4.78, 5) is 7.16. The van der Waals surface area contributed by atoms with E-state index in [1.807, 2.05) is 6.21 Å². The molecule has 2 heteroatoms. The third-order valence-electron chi connectivity index (χ3n) is 9.51. The molecule has 0 saturated carbocycles. The van der Waals surface area contributed by atoms with E-state index < -0.39 is 0 Å². The van der Waals surface area contributed by atoms with Crippen molar-refractivity contribution in [1.82, 2.24) is 4.90 Å². The topological polar surface area (TPSA) is 15.6 Å². The van der Waals surface area contributed by atoms with E-state index in [-0.39, 0.29) is 0 Å². The lowest BCUT2D eigenvalue weighted by Gasteiger charge is -2.26. The molecule has 5 aromatic rings. The van der Waals surface area contributed by atoms with Gasteiger partial charge in [-0.2, -0.15) is 0 Å². The van der Waals surface area contributed by atoms with Crippen molar-refractivity contribution < 1.29 is 0 Å². The van der Waals surface area contributed by atoms with Crippen molar-refractivity contribution in [3.63, 3.8) is 0 Å². The number of hydrogen-bond acceptors (Lipinski definition) is 2. The van der Waals surface area contributed by atoms with E-state index in [4.69, 9.17) is 4.99 Å². The third-order valence-corrected chi connectivity index (χ3v) is 9.51. The Bertz CT molecular complexity index is 1780. The highest BCUT2D eigenvalue weighted by molar-refractivity contribution is 5.82. The van der Waals surface area contributed by atoms with Crippen molar-refractivity contribution in [2.24, 2.45) is 10.9 Å². The van der Waals surface area contributed by atoms with Gasteiger partial charge in [0, 0.05) is 6.21 Å². The fourth-order valence-electron chi connectivity index (χ4n) is 6.17. The molecule has 0 N–H and O–H groups in total. The predicted octanol–water partition coefficient (Wildman–Crippen LogP) is 10.8. The molecule has 1 aliphatic heterocycles. The minimum absolute atomic E-state index is 0.721. The Labute approximate surface area is 288 Å². The van der Waals surface area contributed by atoms with Crippen LogP contribution in [-0.4, -0.2) is 31.3 Å². The van der Waals surface area contributed by atoms with Gasteiger partial charge in [0.05, 0.1) is 5.69 Å². The zero-order chi connectivity index (χ0) is 33.0. The molecular weight excluding hydrogens is 581 g/mol. The van der Waals surface area contributed by atoms with Crippen LogP contribution in [0.5, 0.6) is 0 Å². The van der Waals surface area contributed by atoms with Crippen LogP contribution in [0.25, 0.3) is 18.2 Å². The number of aliphatic imine (C=N–C) groups is 1. The standard InChI is InChI=1S/C46H48N2/c1-36-3-5-37(6-4-36)7-8-38-9-11-40(12-10-38)19-20-43-27-29-46(30-28-43)47-35-45-25-23-42(24-26-45)18-17-39-13-15-41(16-14-39)21-22-44-31-33-48(2)34-32-44/h3-16,21-30,35,44H,17-20,31-34H2,1-2H3. The fraction of sp³-hybridized carbons (Fsp3) is 0.239. The van der Waals surface area contributed by atoms with Gasteiger partial charge in [-0.15, -0.1) is 0 Å². The average Bonchev–Trinajstić information content (AvgIpc) is 3.13. The van der Waals surface area contributed by atoms with Gasteiger partial charge in [-0.25, -0.2) is 0 Å². The molecule has 0 spiro atoms. The number of rotatable bonds is 12. The highest BCUT2D eigenvalue weighted by Crippen LogP contribution is 2.20. The molecule has 242 valence electrons. The molecule has 2 nitrogen and oxygen atoms in total. The van der Waals surface area contributed by atoms with Crippen LogP contribution in [0.2, 0.25) is 0 Å². The van der Waals surface area contributed by atoms with Gasteiger partial charge in [0.2, 0.25) is 0 Å². The van der Waals surface area contributed by atoms with Gasteiger partial charge >= 0.3 is 0 Å². The molecule has 48 heavy (non-hydrogen) atoms. The predicted molar refractivity (Wildman–Crippen MR) is 207 cm³/mol. The van der Waals surface area contributed by atoms with E-state index in [0.717, 1.165) is 42.9 Å². The molecule has 0 radical (unpaired) electrons. The number of benzene rings is 5. The summed E-state index contributed by atoms with van der Waals surface area (Å²) in [6.45, 7) is 4.54. The number of likely N-dealkylation sites (tertiary alicyclic amines) is 1. The maximum absolute atomic E-state index is 4.73. The molecule has 0 unspecified atom stereocenters. The summed E-state index contributed by atoms with van der Waals surface area (Å²) in [6, 6.07) is 44.1. The Hall–Kier alpha value is -4.79. The van der Waals surface area contributed by atoms with Crippen LogP contribution < -0.4 is 0 Å². The minimum Gasteiger partial charge on any atom is -0.306 e. The van der Waals surface area contributed by atoms with E-state index in [1.165, 1.54) is 70.4 Å². The van der Waals surface area contributed by atoms with Crippen molar-refractivity contribution in [1.29, 1.82) is 0 Å². The first-order valence-electron chi connectivity index (χ1n) is 17.6. The Morgan fingerprint density at radius 3 is 1.40 bits per heavy atom. The Kier molecular flexibility index (Phi) is 11.6. The molecular formula is C46H48N2. The third kappa shape index (κ3) is 10.4. The minimum atomic E-state index is 0.721. The average molecular weight is 629 g/mol. The molecule has 0 amide bonds. The van der Waals surface area contributed by atoms with Gasteiger partial charge in [-0.05, 0) is 128 Å².